The Morgan fingerprint density at radius 1 is 1.41 bits per heavy atom. The number of ether oxygens (including phenoxy) is 1. The Morgan fingerprint density at radius 3 is 2.35 bits per heavy atom. The van der Waals surface area contributed by atoms with Crippen molar-refractivity contribution in [2.45, 2.75) is 25.2 Å². The van der Waals surface area contributed by atoms with Crippen LogP contribution in [0.15, 0.2) is 0 Å². The molecule has 0 heterocycles. The lowest BCUT2D eigenvalue weighted by atomic mass is 9.85. The monoisotopic (exact) mass is 248 g/mol. The first-order valence-electron chi connectivity index (χ1n) is 5.55. The number of hydrogen-bond donors (Lipinski definition) is 1. The van der Waals surface area contributed by atoms with Gasteiger partial charge in [0.15, 0.2) is 0 Å². The molecule has 17 heavy (non-hydrogen) atoms. The molecule has 0 aromatic heterocycles. The number of halogens is 2. The highest BCUT2D eigenvalue weighted by molar-refractivity contribution is 5.79. The molecule has 0 amide bonds. The first-order chi connectivity index (χ1) is 7.87. The van der Waals surface area contributed by atoms with Gasteiger partial charge in [-0.05, 0) is 18.8 Å². The van der Waals surface area contributed by atoms with Gasteiger partial charge >= 0.3 is 11.9 Å². The van der Waals surface area contributed by atoms with Crippen LogP contribution in [0.1, 0.15) is 19.3 Å². The molecule has 1 N–H and O–H groups in total. The molecule has 2 saturated carbocycles. The van der Waals surface area contributed by atoms with E-state index in [0.717, 1.165) is 0 Å². The van der Waals surface area contributed by atoms with Gasteiger partial charge in [0.25, 0.3) is 5.92 Å². The average molecular weight is 248 g/mol. The Morgan fingerprint density at radius 2 is 1.94 bits per heavy atom. The number of carboxylic acid groups (broad SMARTS) is 1. The van der Waals surface area contributed by atoms with Crippen molar-refractivity contribution >= 4 is 11.9 Å². The number of aliphatic carboxylic acids is 1. The average Bonchev–Trinajstić information content (AvgIpc) is 2.69. The number of carbonyl (C=O) groups is 2. The lowest BCUT2D eigenvalue weighted by molar-refractivity contribution is -0.152. The molecule has 0 aromatic carbocycles. The number of carbonyl (C=O) groups excluding carboxylic acids is 1. The van der Waals surface area contributed by atoms with Gasteiger partial charge in [-0.15, -0.1) is 0 Å². The Balaban J connectivity index is 1.96. The predicted octanol–water partition coefficient (Wildman–Crippen LogP) is 1.54. The van der Waals surface area contributed by atoms with Crippen LogP contribution in [0.3, 0.4) is 0 Å². The van der Waals surface area contributed by atoms with Crippen LogP contribution in [0.2, 0.25) is 0 Å². The molecule has 0 aliphatic heterocycles. The van der Waals surface area contributed by atoms with Crippen molar-refractivity contribution in [1.29, 1.82) is 0 Å². The van der Waals surface area contributed by atoms with Crippen molar-refractivity contribution in [2.24, 2.45) is 23.7 Å². The highest BCUT2D eigenvalue weighted by Crippen LogP contribution is 2.66. The molecule has 0 bridgehead atoms. The minimum absolute atomic E-state index is 0.200. The van der Waals surface area contributed by atoms with Crippen molar-refractivity contribution in [3.05, 3.63) is 0 Å². The fourth-order valence-electron chi connectivity index (χ4n) is 2.90. The van der Waals surface area contributed by atoms with Crippen LogP contribution in [0.4, 0.5) is 8.78 Å². The maximum absolute atomic E-state index is 13.0. The lowest BCUT2D eigenvalue weighted by Gasteiger charge is -2.20. The van der Waals surface area contributed by atoms with Crippen LogP contribution in [-0.4, -0.2) is 30.1 Å². The summed E-state index contributed by atoms with van der Waals surface area (Å²) in [6.07, 6.45) is 0.165. The summed E-state index contributed by atoms with van der Waals surface area (Å²) in [4.78, 5) is 22.1. The first-order valence-corrected chi connectivity index (χ1v) is 5.55. The van der Waals surface area contributed by atoms with E-state index in [1.54, 1.807) is 0 Å². The van der Waals surface area contributed by atoms with Gasteiger partial charge in [0.1, 0.15) is 0 Å². The second-order valence-corrected chi connectivity index (χ2v) is 4.84. The molecule has 1 unspecified atom stereocenters. The van der Waals surface area contributed by atoms with Crippen molar-refractivity contribution in [2.75, 3.05) is 7.11 Å². The first kappa shape index (κ1) is 12.3. The molecule has 2 aliphatic carbocycles. The highest BCUT2D eigenvalue weighted by Gasteiger charge is 2.72. The molecular weight excluding hydrogens is 234 g/mol. The van der Waals surface area contributed by atoms with Crippen LogP contribution in [0.25, 0.3) is 0 Å². The van der Waals surface area contributed by atoms with E-state index >= 15 is 0 Å². The van der Waals surface area contributed by atoms with E-state index in [9.17, 15) is 18.4 Å². The smallest absolute Gasteiger partial charge is 0.307 e. The topological polar surface area (TPSA) is 63.6 Å². The van der Waals surface area contributed by atoms with Crippen LogP contribution >= 0.6 is 0 Å². The van der Waals surface area contributed by atoms with Crippen LogP contribution < -0.4 is 0 Å². The fourth-order valence-corrected chi connectivity index (χ4v) is 2.90. The zero-order valence-electron chi connectivity index (χ0n) is 9.36. The lowest BCUT2D eigenvalue weighted by Crippen LogP contribution is -2.27. The van der Waals surface area contributed by atoms with Gasteiger partial charge in [-0.3, -0.25) is 9.59 Å². The molecule has 0 saturated heterocycles. The van der Waals surface area contributed by atoms with Crippen LogP contribution in [-0.2, 0) is 14.3 Å². The number of methoxy groups -OCH3 is 1. The molecule has 2 aliphatic rings. The maximum atomic E-state index is 13.0. The van der Waals surface area contributed by atoms with Gasteiger partial charge < -0.3 is 9.84 Å². The largest absolute Gasteiger partial charge is 0.481 e. The molecule has 0 aromatic rings. The number of rotatable bonds is 4. The van der Waals surface area contributed by atoms with Gasteiger partial charge in [-0.25, -0.2) is 8.78 Å². The van der Waals surface area contributed by atoms with E-state index < -0.39 is 35.6 Å². The third-order valence-electron chi connectivity index (χ3n) is 3.98. The number of carboxylic acids is 1. The van der Waals surface area contributed by atoms with Gasteiger partial charge in [0, 0.05) is 11.8 Å². The zero-order valence-corrected chi connectivity index (χ0v) is 9.36. The molecule has 4 atom stereocenters. The fraction of sp³-hybridized carbons (Fsp3) is 0.818. The van der Waals surface area contributed by atoms with Crippen molar-refractivity contribution in [3.8, 4) is 0 Å². The maximum Gasteiger partial charge on any atom is 0.307 e. The summed E-state index contributed by atoms with van der Waals surface area (Å²) in [5.74, 6) is -6.90. The Labute approximate surface area is 96.9 Å². The Hall–Kier alpha value is -1.20. The van der Waals surface area contributed by atoms with E-state index in [2.05, 4.69) is 4.74 Å². The molecule has 96 valence electrons. The summed E-state index contributed by atoms with van der Waals surface area (Å²) in [6, 6.07) is 0. The predicted molar refractivity (Wildman–Crippen MR) is 52.4 cm³/mol. The number of hydrogen-bond acceptors (Lipinski definition) is 3. The van der Waals surface area contributed by atoms with Gasteiger partial charge in [0.2, 0.25) is 0 Å². The summed E-state index contributed by atoms with van der Waals surface area (Å²) < 4.78 is 30.4. The number of esters is 1. The molecule has 4 nitrogen and oxygen atoms in total. The normalized spacial score (nSPS) is 34.9. The van der Waals surface area contributed by atoms with Crippen LogP contribution in [0.5, 0.6) is 0 Å². The highest BCUT2D eigenvalue weighted by atomic mass is 19.3. The van der Waals surface area contributed by atoms with Crippen molar-refractivity contribution < 1.29 is 28.2 Å². The summed E-state index contributed by atoms with van der Waals surface area (Å²) >= 11 is 0. The van der Waals surface area contributed by atoms with Crippen molar-refractivity contribution in [3.63, 3.8) is 0 Å². The van der Waals surface area contributed by atoms with E-state index in [1.165, 1.54) is 7.11 Å². The van der Waals surface area contributed by atoms with E-state index in [-0.39, 0.29) is 25.2 Å². The summed E-state index contributed by atoms with van der Waals surface area (Å²) in [5.41, 5.74) is 0. The zero-order chi connectivity index (χ0) is 12.8. The second-order valence-electron chi connectivity index (χ2n) is 4.84. The molecule has 0 radical (unpaired) electrons. The Bertz CT molecular complexity index is 341. The number of alkyl halides is 2. The summed E-state index contributed by atoms with van der Waals surface area (Å²) in [6.45, 7) is 0. The summed E-state index contributed by atoms with van der Waals surface area (Å²) in [7, 11) is 1.18. The molecular formula is C11H14F2O4. The minimum Gasteiger partial charge on any atom is -0.481 e. The number of fused-ring (bicyclic) bond motifs is 1. The Kier molecular flexibility index (Phi) is 2.83. The summed E-state index contributed by atoms with van der Waals surface area (Å²) in [5, 5.41) is 9.01. The van der Waals surface area contributed by atoms with Crippen LogP contribution in [0, 0.1) is 23.7 Å². The molecule has 0 spiro atoms. The third kappa shape index (κ3) is 2.00. The van der Waals surface area contributed by atoms with E-state index in [4.69, 9.17) is 5.11 Å². The van der Waals surface area contributed by atoms with Crippen molar-refractivity contribution in [1.82, 2.24) is 0 Å². The molecule has 2 rings (SSSR count). The van der Waals surface area contributed by atoms with Gasteiger partial charge in [-0.1, -0.05) is 0 Å². The van der Waals surface area contributed by atoms with Gasteiger partial charge in [-0.2, -0.15) is 0 Å². The third-order valence-corrected chi connectivity index (χ3v) is 3.98. The SMILES string of the molecule is COC(=O)CC(C(=O)O)[C@@H]1C[C@@H]2[C@H](C1)C2(F)F. The molecule has 6 heteroatoms. The van der Waals surface area contributed by atoms with E-state index in [0.29, 0.717) is 0 Å². The second kappa shape index (κ2) is 3.92. The standard InChI is InChI=1S/C11H14F2O4/c1-17-9(14)4-6(10(15)16)5-2-7-8(3-5)11(7,12)13/h5-8H,2-4H2,1H3,(H,15,16)/t5-,6?,7-,8+. The molecule has 2 fully saturated rings. The quantitative estimate of drug-likeness (QED) is 0.766. The van der Waals surface area contributed by atoms with E-state index in [1.807, 2.05) is 0 Å². The van der Waals surface area contributed by atoms with Gasteiger partial charge in [0.05, 0.1) is 19.4 Å². The minimum atomic E-state index is -2.61.